The lowest BCUT2D eigenvalue weighted by Gasteiger charge is -2.35. The predicted molar refractivity (Wildman–Crippen MR) is 130 cm³/mol. The van der Waals surface area contributed by atoms with Crippen molar-refractivity contribution in [3.8, 4) is 22.5 Å². The van der Waals surface area contributed by atoms with Gasteiger partial charge < -0.3 is 14.2 Å². The van der Waals surface area contributed by atoms with E-state index in [9.17, 15) is 8.76 Å². The Morgan fingerprint density at radius 3 is 2.79 bits per heavy atom. The Morgan fingerprint density at radius 1 is 1.24 bits per heavy atom. The Balaban J connectivity index is 1.78. The number of nitrogens with one attached hydrogen (secondary N) is 1. The number of aryl methyl sites for hydroxylation is 2. The second kappa shape index (κ2) is 9.21. The predicted octanol–water partition coefficient (Wildman–Crippen LogP) is 3.30. The van der Waals surface area contributed by atoms with E-state index < -0.39 is 11.1 Å². The fourth-order valence-electron chi connectivity index (χ4n) is 4.50. The molecule has 0 radical (unpaired) electrons. The van der Waals surface area contributed by atoms with Crippen LogP contribution in [-0.2, 0) is 21.6 Å². The molecule has 34 heavy (non-hydrogen) atoms. The van der Waals surface area contributed by atoms with Crippen molar-refractivity contribution in [3.63, 3.8) is 0 Å². The molecule has 5 heterocycles. The molecule has 1 unspecified atom stereocenters. The number of ether oxygens (including phenoxy) is 1. The van der Waals surface area contributed by atoms with E-state index in [4.69, 9.17) is 14.7 Å². The Hall–Kier alpha value is -3.21. The molecule has 4 aromatic rings. The number of anilines is 1. The molecule has 1 N–H and O–H groups in total. The Morgan fingerprint density at radius 2 is 2.09 bits per heavy atom. The third kappa shape index (κ3) is 4.20. The van der Waals surface area contributed by atoms with Crippen molar-refractivity contribution in [3.05, 3.63) is 53.6 Å². The SMILES string of the molecule is Cc1nc(CS(=O)[O-])ccc1-c1cc(N2CCOC[C@H]2C)nc2c(-c3ccn[nH]3)ncc(C)c12. The zero-order chi connectivity index (χ0) is 23.8. The molecule has 10 heteroatoms. The van der Waals surface area contributed by atoms with E-state index in [0.717, 1.165) is 57.0 Å². The van der Waals surface area contributed by atoms with Crippen LogP contribution in [0.1, 0.15) is 23.9 Å². The number of pyridine rings is 3. The van der Waals surface area contributed by atoms with Crippen LogP contribution in [0.2, 0.25) is 0 Å². The topological polar surface area (TPSA) is 120 Å². The smallest absolute Gasteiger partial charge is 0.130 e. The molecule has 4 aromatic heterocycles. The minimum absolute atomic E-state index is 0.109. The zero-order valence-corrected chi connectivity index (χ0v) is 20.1. The van der Waals surface area contributed by atoms with Gasteiger partial charge in [0.25, 0.3) is 0 Å². The first-order valence-electron chi connectivity index (χ1n) is 11.1. The summed E-state index contributed by atoms with van der Waals surface area (Å²) in [5.74, 6) is 0.734. The van der Waals surface area contributed by atoms with Crippen molar-refractivity contribution in [1.82, 2.24) is 25.1 Å². The van der Waals surface area contributed by atoms with Gasteiger partial charge in [-0.25, -0.2) is 4.98 Å². The lowest BCUT2D eigenvalue weighted by Crippen LogP contribution is -2.44. The standard InChI is InChI=1S/C24H26N6O3S/c1-14-11-25-23(20-6-7-26-29-20)24-22(14)19(10-21(28-24)30-8-9-33-12-15(30)2)18-5-4-17(13-34(31)32)27-16(18)3/h4-7,10-11,15H,8-9,12-13H2,1-3H3,(H,26,29)(H,31,32)/p-1/t15-/m1/s1. The summed E-state index contributed by atoms with van der Waals surface area (Å²) in [7, 11) is 0. The van der Waals surface area contributed by atoms with Crippen molar-refractivity contribution < 1.29 is 13.5 Å². The Labute approximate surface area is 199 Å². The molecule has 0 aromatic carbocycles. The molecule has 176 valence electrons. The van der Waals surface area contributed by atoms with Gasteiger partial charge in [-0.2, -0.15) is 5.10 Å². The summed E-state index contributed by atoms with van der Waals surface area (Å²) in [5, 5.41) is 8.09. The monoisotopic (exact) mass is 477 g/mol. The Bertz CT molecular complexity index is 1380. The van der Waals surface area contributed by atoms with Gasteiger partial charge in [-0.15, -0.1) is 0 Å². The number of H-pyrrole nitrogens is 1. The second-order valence-corrected chi connectivity index (χ2v) is 9.41. The number of hydrogen-bond donors (Lipinski definition) is 1. The van der Waals surface area contributed by atoms with Crippen LogP contribution in [0, 0.1) is 13.8 Å². The molecule has 1 fully saturated rings. The molecule has 1 aliphatic heterocycles. The number of hydrogen-bond acceptors (Lipinski definition) is 8. The third-order valence-electron chi connectivity index (χ3n) is 6.13. The maximum atomic E-state index is 11.2. The first-order valence-corrected chi connectivity index (χ1v) is 12.3. The molecule has 1 saturated heterocycles. The number of morpholine rings is 1. The minimum Gasteiger partial charge on any atom is -0.772 e. The highest BCUT2D eigenvalue weighted by Gasteiger charge is 2.24. The second-order valence-electron chi connectivity index (χ2n) is 8.51. The van der Waals surface area contributed by atoms with Gasteiger partial charge in [0.15, 0.2) is 0 Å². The number of rotatable bonds is 5. The van der Waals surface area contributed by atoms with Crippen LogP contribution in [0.25, 0.3) is 33.4 Å². The number of aromatic nitrogens is 5. The van der Waals surface area contributed by atoms with Crippen LogP contribution in [0.5, 0.6) is 0 Å². The van der Waals surface area contributed by atoms with Crippen molar-refractivity contribution >= 4 is 27.8 Å². The van der Waals surface area contributed by atoms with Crippen LogP contribution in [0.3, 0.4) is 0 Å². The summed E-state index contributed by atoms with van der Waals surface area (Å²) >= 11 is -2.19. The van der Waals surface area contributed by atoms with Crippen molar-refractivity contribution in [2.24, 2.45) is 0 Å². The highest BCUT2D eigenvalue weighted by Crippen LogP contribution is 2.38. The van der Waals surface area contributed by atoms with E-state index in [1.807, 2.05) is 32.2 Å². The van der Waals surface area contributed by atoms with E-state index in [0.29, 0.717) is 18.9 Å². The maximum absolute atomic E-state index is 11.2. The van der Waals surface area contributed by atoms with Crippen LogP contribution in [-0.4, -0.2) is 59.7 Å². The van der Waals surface area contributed by atoms with Crippen molar-refractivity contribution in [1.29, 1.82) is 0 Å². The lowest BCUT2D eigenvalue weighted by molar-refractivity contribution is 0.0986. The molecule has 9 nitrogen and oxygen atoms in total. The van der Waals surface area contributed by atoms with Gasteiger partial charge in [0.1, 0.15) is 17.0 Å². The summed E-state index contributed by atoms with van der Waals surface area (Å²) in [6, 6.07) is 7.87. The normalized spacial score (nSPS) is 17.3. The van der Waals surface area contributed by atoms with E-state index in [-0.39, 0.29) is 11.8 Å². The van der Waals surface area contributed by atoms with Crippen molar-refractivity contribution in [2.45, 2.75) is 32.6 Å². The van der Waals surface area contributed by atoms with Gasteiger partial charge in [-0.3, -0.25) is 19.3 Å². The molecule has 2 atom stereocenters. The first kappa shape index (κ1) is 22.6. The summed E-state index contributed by atoms with van der Waals surface area (Å²) < 4.78 is 28.0. The average molecular weight is 478 g/mol. The Kier molecular flexibility index (Phi) is 6.11. The molecule has 5 rings (SSSR count). The van der Waals surface area contributed by atoms with Gasteiger partial charge in [-0.1, -0.05) is 6.07 Å². The van der Waals surface area contributed by atoms with Gasteiger partial charge in [0.2, 0.25) is 0 Å². The highest BCUT2D eigenvalue weighted by atomic mass is 32.2. The van der Waals surface area contributed by atoms with Gasteiger partial charge >= 0.3 is 0 Å². The van der Waals surface area contributed by atoms with E-state index in [2.05, 4.69) is 33.1 Å². The van der Waals surface area contributed by atoms with Crippen LogP contribution >= 0.6 is 0 Å². The summed E-state index contributed by atoms with van der Waals surface area (Å²) in [6.07, 6.45) is 3.54. The van der Waals surface area contributed by atoms with E-state index in [1.165, 1.54) is 0 Å². The third-order valence-corrected chi connectivity index (χ3v) is 6.66. The van der Waals surface area contributed by atoms with Crippen LogP contribution < -0.4 is 4.90 Å². The van der Waals surface area contributed by atoms with E-state index >= 15 is 0 Å². The number of aromatic amines is 1. The molecule has 0 aliphatic carbocycles. The first-order chi connectivity index (χ1) is 16.4. The zero-order valence-electron chi connectivity index (χ0n) is 19.2. The van der Waals surface area contributed by atoms with Crippen molar-refractivity contribution in [2.75, 3.05) is 24.7 Å². The van der Waals surface area contributed by atoms with Gasteiger partial charge in [0, 0.05) is 35.6 Å². The van der Waals surface area contributed by atoms with Gasteiger partial charge in [-0.05, 0) is 61.2 Å². The molecular formula is C24H25N6O3S-. The fourth-order valence-corrected chi connectivity index (χ4v) is 4.90. The molecule has 0 amide bonds. The molecular weight excluding hydrogens is 452 g/mol. The number of nitrogens with zero attached hydrogens (tertiary/aromatic N) is 5. The maximum Gasteiger partial charge on any atom is 0.130 e. The van der Waals surface area contributed by atoms with Crippen LogP contribution in [0.15, 0.2) is 36.7 Å². The molecule has 0 bridgehead atoms. The lowest BCUT2D eigenvalue weighted by atomic mass is 9.96. The van der Waals surface area contributed by atoms with Gasteiger partial charge in [0.05, 0.1) is 36.4 Å². The summed E-state index contributed by atoms with van der Waals surface area (Å²) in [5.41, 5.74) is 6.48. The summed E-state index contributed by atoms with van der Waals surface area (Å²) in [6.45, 7) is 8.06. The molecule has 1 aliphatic rings. The minimum atomic E-state index is -2.19. The largest absolute Gasteiger partial charge is 0.772 e. The summed E-state index contributed by atoms with van der Waals surface area (Å²) in [4.78, 5) is 16.6. The fraction of sp³-hybridized carbons (Fsp3) is 0.333. The quantitative estimate of drug-likeness (QED) is 0.435. The molecule has 0 spiro atoms. The van der Waals surface area contributed by atoms with E-state index in [1.54, 1.807) is 12.3 Å². The average Bonchev–Trinajstić information content (AvgIpc) is 3.33. The number of fused-ring (bicyclic) bond motifs is 1. The highest BCUT2D eigenvalue weighted by molar-refractivity contribution is 7.78. The molecule has 0 saturated carbocycles. The van der Waals surface area contributed by atoms with Crippen LogP contribution in [0.4, 0.5) is 5.82 Å².